The summed E-state index contributed by atoms with van der Waals surface area (Å²) in [5, 5.41) is 0. The Kier molecular flexibility index (Phi) is 63.7. The third-order valence-corrected chi connectivity index (χ3v) is 14.6. The number of hydrogen-bond donors (Lipinski definition) is 0. The van der Waals surface area contributed by atoms with E-state index in [1.54, 1.807) is 0 Å². The van der Waals surface area contributed by atoms with Crippen LogP contribution in [0.3, 0.4) is 0 Å². The maximum Gasteiger partial charge on any atom is 0.306 e. The van der Waals surface area contributed by atoms with Gasteiger partial charge in [-0.05, 0) is 103 Å². The maximum absolute atomic E-state index is 12.9. The zero-order valence-electron chi connectivity index (χ0n) is 52.1. The minimum absolute atomic E-state index is 0.0816. The molecule has 0 fully saturated rings. The Morgan fingerprint density at radius 3 is 0.785 bits per heavy atom. The topological polar surface area (TPSA) is 78.9 Å². The maximum atomic E-state index is 12.9. The number of allylic oxidation sites excluding steroid dienone is 16. The molecule has 0 aromatic heterocycles. The van der Waals surface area contributed by atoms with Gasteiger partial charge in [-0.2, -0.15) is 0 Å². The van der Waals surface area contributed by atoms with E-state index >= 15 is 0 Å². The predicted molar refractivity (Wildman–Crippen MR) is 344 cm³/mol. The lowest BCUT2D eigenvalue weighted by molar-refractivity contribution is -0.167. The summed E-state index contributed by atoms with van der Waals surface area (Å²) in [5.74, 6) is -0.897. The largest absolute Gasteiger partial charge is 0.462 e. The summed E-state index contributed by atoms with van der Waals surface area (Å²) in [6, 6.07) is 0. The van der Waals surface area contributed by atoms with Gasteiger partial charge in [-0.15, -0.1) is 0 Å². The molecule has 1 unspecified atom stereocenters. The zero-order valence-corrected chi connectivity index (χ0v) is 52.1. The van der Waals surface area contributed by atoms with E-state index in [2.05, 4.69) is 118 Å². The second-order valence-electron chi connectivity index (χ2n) is 22.4. The van der Waals surface area contributed by atoms with Gasteiger partial charge < -0.3 is 14.2 Å². The number of hydrogen-bond acceptors (Lipinski definition) is 6. The molecular weight excluding hydrogens is 973 g/mol. The smallest absolute Gasteiger partial charge is 0.306 e. The van der Waals surface area contributed by atoms with Crippen LogP contribution in [-0.2, 0) is 28.6 Å². The molecule has 0 aliphatic carbocycles. The van der Waals surface area contributed by atoms with Crippen LogP contribution in [-0.4, -0.2) is 37.2 Å². The molecule has 0 N–H and O–H groups in total. The first-order chi connectivity index (χ1) is 39.0. The molecule has 0 aliphatic heterocycles. The van der Waals surface area contributed by atoms with Crippen LogP contribution in [0.2, 0.25) is 0 Å². The van der Waals surface area contributed by atoms with E-state index in [1.807, 2.05) is 0 Å². The summed E-state index contributed by atoms with van der Waals surface area (Å²) in [6.45, 7) is 6.50. The van der Waals surface area contributed by atoms with Crippen LogP contribution in [0.25, 0.3) is 0 Å². The van der Waals surface area contributed by atoms with Gasteiger partial charge in [0.05, 0.1) is 0 Å². The van der Waals surface area contributed by atoms with Crippen molar-refractivity contribution in [1.82, 2.24) is 0 Å². The summed E-state index contributed by atoms with van der Waals surface area (Å²) < 4.78 is 16.8. The van der Waals surface area contributed by atoms with Gasteiger partial charge in [0.1, 0.15) is 13.2 Å². The number of ether oxygens (including phenoxy) is 3. The van der Waals surface area contributed by atoms with Gasteiger partial charge in [-0.25, -0.2) is 0 Å². The summed E-state index contributed by atoms with van der Waals surface area (Å²) >= 11 is 0. The monoisotopic (exact) mass is 1100 g/mol. The van der Waals surface area contributed by atoms with E-state index < -0.39 is 6.10 Å². The van der Waals surface area contributed by atoms with Crippen molar-refractivity contribution in [3.05, 3.63) is 97.2 Å². The average molecular weight is 1100 g/mol. The first-order valence-corrected chi connectivity index (χ1v) is 33.7. The van der Waals surface area contributed by atoms with Crippen molar-refractivity contribution in [2.75, 3.05) is 13.2 Å². The Bertz CT molecular complexity index is 1540. The minimum Gasteiger partial charge on any atom is -0.462 e. The molecule has 1 atom stereocenters. The zero-order chi connectivity index (χ0) is 57.1. The van der Waals surface area contributed by atoms with E-state index in [1.165, 1.54) is 167 Å². The summed E-state index contributed by atoms with van der Waals surface area (Å²) in [7, 11) is 0. The fourth-order valence-electron chi connectivity index (χ4n) is 9.54. The summed E-state index contributed by atoms with van der Waals surface area (Å²) in [5.41, 5.74) is 0. The molecule has 0 bridgehead atoms. The fourth-order valence-corrected chi connectivity index (χ4v) is 9.54. The van der Waals surface area contributed by atoms with E-state index in [0.29, 0.717) is 19.3 Å². The molecule has 79 heavy (non-hydrogen) atoms. The minimum atomic E-state index is -0.784. The molecule has 0 radical (unpaired) electrons. The Hall–Kier alpha value is -3.67. The summed E-state index contributed by atoms with van der Waals surface area (Å²) in [6.07, 6.45) is 90.2. The van der Waals surface area contributed by atoms with Crippen molar-refractivity contribution in [3.8, 4) is 0 Å². The predicted octanol–water partition coefficient (Wildman–Crippen LogP) is 23.2. The van der Waals surface area contributed by atoms with Crippen LogP contribution in [0.15, 0.2) is 97.2 Å². The summed E-state index contributed by atoms with van der Waals surface area (Å²) in [4.78, 5) is 38.1. The molecule has 6 nitrogen and oxygen atoms in total. The van der Waals surface area contributed by atoms with Crippen LogP contribution < -0.4 is 0 Å². The Morgan fingerprint density at radius 2 is 0.494 bits per heavy atom. The molecule has 0 aliphatic rings. The van der Waals surface area contributed by atoms with Crippen molar-refractivity contribution >= 4 is 17.9 Å². The van der Waals surface area contributed by atoms with Crippen molar-refractivity contribution < 1.29 is 28.6 Å². The molecule has 0 spiro atoms. The van der Waals surface area contributed by atoms with Gasteiger partial charge in [0.2, 0.25) is 0 Å². The van der Waals surface area contributed by atoms with E-state index in [0.717, 1.165) is 122 Å². The molecule has 0 saturated heterocycles. The third kappa shape index (κ3) is 65.0. The number of carbonyl (C=O) groups excluding carboxylic acids is 3. The lowest BCUT2D eigenvalue weighted by Crippen LogP contribution is -2.30. The van der Waals surface area contributed by atoms with Gasteiger partial charge in [0.15, 0.2) is 6.10 Å². The standard InChI is InChI=1S/C73H126O6/c1-4-7-10-13-16-18-20-22-24-26-28-30-32-34-36-38-40-42-44-46-48-50-52-54-57-60-63-66-72(75)78-69-70(68-77-71(74)65-62-59-56-15-12-9-6-3)79-73(76)67-64-61-58-55-53-51-49-47-45-43-41-39-37-35-33-31-29-27-25-23-21-19-17-14-11-8-5-2/h7,10,16,18,22,24,27-30,34,36,40,42,46,48,70H,4-6,8-9,11-15,17,19-21,23,25-26,31-33,35,37-39,41,43-45,47,49-69H2,1-3H3/b10-7-,18-16-,24-22-,29-27-,30-28-,36-34-,42-40-,48-46-. The Labute approximate surface area is 489 Å². The number of rotatable bonds is 61. The number of esters is 3. The molecule has 0 saturated carbocycles. The van der Waals surface area contributed by atoms with Crippen LogP contribution in [0.1, 0.15) is 329 Å². The van der Waals surface area contributed by atoms with Gasteiger partial charge in [-0.3, -0.25) is 14.4 Å². The van der Waals surface area contributed by atoms with Crippen molar-refractivity contribution in [3.63, 3.8) is 0 Å². The van der Waals surface area contributed by atoms with Crippen molar-refractivity contribution in [2.45, 2.75) is 335 Å². The lowest BCUT2D eigenvalue weighted by Gasteiger charge is -2.18. The highest BCUT2D eigenvalue weighted by Gasteiger charge is 2.19. The molecule has 0 aromatic carbocycles. The molecule has 0 heterocycles. The van der Waals surface area contributed by atoms with Gasteiger partial charge >= 0.3 is 17.9 Å². The Morgan fingerprint density at radius 1 is 0.266 bits per heavy atom. The van der Waals surface area contributed by atoms with Gasteiger partial charge in [0, 0.05) is 19.3 Å². The van der Waals surface area contributed by atoms with Crippen molar-refractivity contribution in [2.24, 2.45) is 0 Å². The molecule has 0 aromatic rings. The van der Waals surface area contributed by atoms with E-state index in [4.69, 9.17) is 14.2 Å². The van der Waals surface area contributed by atoms with E-state index in [-0.39, 0.29) is 31.1 Å². The SMILES string of the molecule is CC/C=C\C/C=C\C/C=C\C/C=C\C/C=C\C/C=C\C/C=C\CCCCCCCC(=O)OCC(COC(=O)CCCCCCCCC)OC(=O)CCCCCCCCCCCCCCCCC/C=C\CCCCCCCCCC. The van der Waals surface area contributed by atoms with Crippen LogP contribution >= 0.6 is 0 Å². The highest BCUT2D eigenvalue weighted by Crippen LogP contribution is 2.17. The highest BCUT2D eigenvalue weighted by molar-refractivity contribution is 5.71. The third-order valence-electron chi connectivity index (χ3n) is 14.6. The fraction of sp³-hybridized carbons (Fsp3) is 0.740. The molecule has 0 rings (SSSR count). The first-order valence-electron chi connectivity index (χ1n) is 33.7. The van der Waals surface area contributed by atoms with Gasteiger partial charge in [0.25, 0.3) is 0 Å². The normalized spacial score (nSPS) is 12.7. The van der Waals surface area contributed by atoms with Crippen LogP contribution in [0.4, 0.5) is 0 Å². The average Bonchev–Trinajstić information content (AvgIpc) is 3.45. The molecule has 6 heteroatoms. The quantitative estimate of drug-likeness (QED) is 0.0261. The van der Waals surface area contributed by atoms with Crippen LogP contribution in [0.5, 0.6) is 0 Å². The Balaban J connectivity index is 4.15. The molecule has 0 amide bonds. The first kappa shape index (κ1) is 75.3. The molecule has 454 valence electrons. The number of unbranched alkanes of at least 4 members (excludes halogenated alkanes) is 34. The van der Waals surface area contributed by atoms with E-state index in [9.17, 15) is 14.4 Å². The van der Waals surface area contributed by atoms with Crippen molar-refractivity contribution in [1.29, 1.82) is 0 Å². The highest BCUT2D eigenvalue weighted by atomic mass is 16.6. The lowest BCUT2D eigenvalue weighted by atomic mass is 10.0. The second kappa shape index (κ2) is 66.8. The molecular formula is C73H126O6. The second-order valence-corrected chi connectivity index (χ2v) is 22.4. The van der Waals surface area contributed by atoms with Gasteiger partial charge in [-0.1, -0.05) is 304 Å². The number of carbonyl (C=O) groups is 3. The van der Waals surface area contributed by atoms with Crippen LogP contribution in [0, 0.1) is 0 Å².